The minimum absolute atomic E-state index is 0.0677. The fraction of sp³-hybridized carbons (Fsp3) is 0.273. The molecule has 1 heterocycles. The Morgan fingerprint density at radius 2 is 1.81 bits per heavy atom. The molecule has 140 valence electrons. The molecule has 2 aromatic carbocycles. The van der Waals surface area contributed by atoms with Crippen molar-refractivity contribution >= 4 is 17.8 Å². The molecule has 5 nitrogen and oxygen atoms in total. The van der Waals surface area contributed by atoms with Crippen molar-refractivity contribution < 1.29 is 23.8 Å². The summed E-state index contributed by atoms with van der Waals surface area (Å²) in [6.07, 6.45) is 1.71. The first-order valence-corrected chi connectivity index (χ1v) is 8.66. The van der Waals surface area contributed by atoms with Crippen LogP contribution in [0.1, 0.15) is 42.3 Å². The van der Waals surface area contributed by atoms with Gasteiger partial charge in [0.2, 0.25) is 5.78 Å². The van der Waals surface area contributed by atoms with Gasteiger partial charge >= 0.3 is 5.97 Å². The van der Waals surface area contributed by atoms with E-state index in [1.54, 1.807) is 18.2 Å². The van der Waals surface area contributed by atoms with E-state index in [1.807, 2.05) is 24.3 Å². The number of Topliss-reactive ketones (excluding diaryl/α,β-unsaturated/α-hetero) is 1. The van der Waals surface area contributed by atoms with Crippen molar-refractivity contribution in [3.8, 4) is 11.5 Å². The predicted molar refractivity (Wildman–Crippen MR) is 102 cm³/mol. The molecule has 2 aromatic rings. The van der Waals surface area contributed by atoms with Gasteiger partial charge in [0.1, 0.15) is 18.1 Å². The van der Waals surface area contributed by atoms with Gasteiger partial charge in [0, 0.05) is 13.2 Å². The number of fused-ring (bicyclic) bond motifs is 1. The molecule has 0 bridgehead atoms. The lowest BCUT2D eigenvalue weighted by Gasteiger charge is -2.18. The monoisotopic (exact) mass is 366 g/mol. The molecule has 0 N–H and O–H groups in total. The lowest BCUT2D eigenvalue weighted by Crippen LogP contribution is -2.14. The van der Waals surface area contributed by atoms with Gasteiger partial charge in [-0.1, -0.05) is 45.0 Å². The van der Waals surface area contributed by atoms with Gasteiger partial charge in [0.05, 0.1) is 5.56 Å². The topological polar surface area (TPSA) is 61.8 Å². The van der Waals surface area contributed by atoms with Gasteiger partial charge in [-0.15, -0.1) is 0 Å². The van der Waals surface area contributed by atoms with Crippen LogP contribution in [0.3, 0.4) is 0 Å². The SMILES string of the molecule is COCC(=O)Oc1ccc2c(c1)O/C(=C\c1ccc(C(C)(C)C)cc1)C2=O. The smallest absolute Gasteiger partial charge is 0.337 e. The number of benzene rings is 2. The van der Waals surface area contributed by atoms with E-state index in [-0.39, 0.29) is 23.6 Å². The van der Waals surface area contributed by atoms with Crippen LogP contribution in [0.4, 0.5) is 0 Å². The first kappa shape index (κ1) is 18.9. The zero-order chi connectivity index (χ0) is 19.6. The van der Waals surface area contributed by atoms with E-state index in [1.165, 1.54) is 18.7 Å². The molecule has 1 aliphatic heterocycles. The van der Waals surface area contributed by atoms with Crippen LogP contribution in [-0.4, -0.2) is 25.5 Å². The summed E-state index contributed by atoms with van der Waals surface area (Å²) in [6, 6.07) is 12.7. The fourth-order valence-corrected chi connectivity index (χ4v) is 2.74. The first-order chi connectivity index (χ1) is 12.8. The third kappa shape index (κ3) is 4.26. The van der Waals surface area contributed by atoms with E-state index in [4.69, 9.17) is 14.2 Å². The molecule has 0 saturated heterocycles. The Morgan fingerprint density at radius 3 is 2.44 bits per heavy atom. The number of allylic oxidation sites excluding steroid dienone is 1. The van der Waals surface area contributed by atoms with Crippen LogP contribution in [0.2, 0.25) is 0 Å². The Bertz CT molecular complexity index is 901. The molecular formula is C22H22O5. The third-order valence-electron chi connectivity index (χ3n) is 4.21. The number of carbonyl (C=O) groups is 2. The van der Waals surface area contributed by atoms with Crippen LogP contribution in [-0.2, 0) is 14.9 Å². The lowest BCUT2D eigenvalue weighted by molar-refractivity contribution is -0.138. The van der Waals surface area contributed by atoms with Crippen molar-refractivity contribution in [2.75, 3.05) is 13.7 Å². The number of carbonyl (C=O) groups excluding carboxylic acids is 2. The Morgan fingerprint density at radius 1 is 1.11 bits per heavy atom. The minimum atomic E-state index is -0.517. The van der Waals surface area contributed by atoms with E-state index in [0.29, 0.717) is 17.1 Å². The number of methoxy groups -OCH3 is 1. The van der Waals surface area contributed by atoms with E-state index in [2.05, 4.69) is 20.8 Å². The van der Waals surface area contributed by atoms with E-state index >= 15 is 0 Å². The minimum Gasteiger partial charge on any atom is -0.452 e. The second-order valence-corrected chi connectivity index (χ2v) is 7.38. The molecule has 0 fully saturated rings. The number of hydrogen-bond acceptors (Lipinski definition) is 5. The highest BCUT2D eigenvalue weighted by atomic mass is 16.6. The van der Waals surface area contributed by atoms with Gasteiger partial charge in [-0.25, -0.2) is 4.79 Å². The van der Waals surface area contributed by atoms with Gasteiger partial charge in [-0.2, -0.15) is 0 Å². The van der Waals surface area contributed by atoms with Gasteiger partial charge in [0.25, 0.3) is 0 Å². The van der Waals surface area contributed by atoms with Crippen molar-refractivity contribution in [1.29, 1.82) is 0 Å². The first-order valence-electron chi connectivity index (χ1n) is 8.66. The molecule has 0 radical (unpaired) electrons. The van der Waals surface area contributed by atoms with Gasteiger partial charge in [0.15, 0.2) is 5.76 Å². The molecule has 1 aliphatic rings. The molecule has 3 rings (SSSR count). The third-order valence-corrected chi connectivity index (χ3v) is 4.21. The van der Waals surface area contributed by atoms with Gasteiger partial charge in [-0.3, -0.25) is 4.79 Å². The molecule has 0 spiro atoms. The van der Waals surface area contributed by atoms with E-state index in [0.717, 1.165) is 5.56 Å². The Labute approximate surface area is 158 Å². The van der Waals surface area contributed by atoms with E-state index < -0.39 is 5.97 Å². The van der Waals surface area contributed by atoms with Crippen LogP contribution in [0, 0.1) is 0 Å². The highest BCUT2D eigenvalue weighted by Gasteiger charge is 2.28. The van der Waals surface area contributed by atoms with Gasteiger partial charge < -0.3 is 14.2 Å². The molecule has 0 saturated carbocycles. The number of ketones is 1. The summed E-state index contributed by atoms with van der Waals surface area (Å²) in [5, 5.41) is 0. The summed E-state index contributed by atoms with van der Waals surface area (Å²) < 4.78 is 15.6. The molecule has 0 atom stereocenters. The van der Waals surface area contributed by atoms with Crippen molar-refractivity contribution in [2.24, 2.45) is 0 Å². The average molecular weight is 366 g/mol. The zero-order valence-corrected chi connectivity index (χ0v) is 15.9. The van der Waals surface area contributed by atoms with Crippen LogP contribution in [0.5, 0.6) is 11.5 Å². The largest absolute Gasteiger partial charge is 0.452 e. The summed E-state index contributed by atoms with van der Waals surface area (Å²) in [7, 11) is 1.41. The zero-order valence-electron chi connectivity index (χ0n) is 15.9. The Kier molecular flexibility index (Phi) is 5.15. The standard InChI is InChI=1S/C22H22O5/c1-22(2,3)15-7-5-14(6-8-15)11-19-21(24)17-10-9-16(12-18(17)27-19)26-20(23)13-25-4/h5-12H,13H2,1-4H3/b19-11-. The van der Waals surface area contributed by atoms with E-state index in [9.17, 15) is 9.59 Å². The second-order valence-electron chi connectivity index (χ2n) is 7.38. The van der Waals surface area contributed by atoms with Gasteiger partial charge in [-0.05, 0) is 34.8 Å². The molecule has 0 amide bonds. The van der Waals surface area contributed by atoms with Crippen LogP contribution in [0.25, 0.3) is 6.08 Å². The molecule has 27 heavy (non-hydrogen) atoms. The fourth-order valence-electron chi connectivity index (χ4n) is 2.74. The summed E-state index contributed by atoms with van der Waals surface area (Å²) >= 11 is 0. The summed E-state index contributed by atoms with van der Waals surface area (Å²) in [5.41, 5.74) is 2.61. The average Bonchev–Trinajstić information content (AvgIpc) is 2.90. The number of hydrogen-bond donors (Lipinski definition) is 0. The molecule has 0 unspecified atom stereocenters. The maximum Gasteiger partial charge on any atom is 0.337 e. The molecular weight excluding hydrogens is 344 g/mol. The van der Waals surface area contributed by atoms with Crippen molar-refractivity contribution in [1.82, 2.24) is 0 Å². The van der Waals surface area contributed by atoms with Crippen molar-refractivity contribution in [2.45, 2.75) is 26.2 Å². The Balaban J connectivity index is 1.79. The van der Waals surface area contributed by atoms with Crippen molar-refractivity contribution in [3.63, 3.8) is 0 Å². The Hall–Kier alpha value is -2.92. The quantitative estimate of drug-likeness (QED) is 0.462. The normalized spacial score (nSPS) is 14.8. The highest BCUT2D eigenvalue weighted by molar-refractivity contribution is 6.14. The molecule has 0 aromatic heterocycles. The second kappa shape index (κ2) is 7.37. The maximum atomic E-state index is 12.5. The van der Waals surface area contributed by atoms with Crippen LogP contribution < -0.4 is 9.47 Å². The number of esters is 1. The highest BCUT2D eigenvalue weighted by Crippen LogP contribution is 2.35. The van der Waals surface area contributed by atoms with Crippen LogP contribution >= 0.6 is 0 Å². The predicted octanol–water partition coefficient (Wildman–Crippen LogP) is 4.15. The van der Waals surface area contributed by atoms with Crippen LogP contribution in [0.15, 0.2) is 48.2 Å². The number of ether oxygens (including phenoxy) is 3. The molecule has 5 heteroatoms. The number of rotatable bonds is 4. The lowest BCUT2D eigenvalue weighted by atomic mass is 9.86. The van der Waals surface area contributed by atoms with Crippen molar-refractivity contribution in [3.05, 3.63) is 64.9 Å². The maximum absolute atomic E-state index is 12.5. The molecule has 0 aliphatic carbocycles. The summed E-state index contributed by atoms with van der Waals surface area (Å²) in [4.78, 5) is 24.1. The summed E-state index contributed by atoms with van der Waals surface area (Å²) in [5.74, 6) is 0.213. The summed E-state index contributed by atoms with van der Waals surface area (Å²) in [6.45, 7) is 6.31.